The predicted octanol–water partition coefficient (Wildman–Crippen LogP) is 0.395. The lowest BCUT2D eigenvalue weighted by Crippen LogP contribution is -2.36. The van der Waals surface area contributed by atoms with E-state index in [9.17, 15) is 9.90 Å². The molecule has 1 atom stereocenters. The van der Waals surface area contributed by atoms with E-state index < -0.39 is 5.60 Å². The zero-order valence-corrected chi connectivity index (χ0v) is 9.12. The van der Waals surface area contributed by atoms with Crippen LogP contribution in [0.15, 0.2) is 0 Å². The molecule has 1 N–H and O–H groups in total. The summed E-state index contributed by atoms with van der Waals surface area (Å²) in [5, 5.41) is 9.28. The molecule has 82 valence electrons. The molecule has 1 aliphatic rings. The highest BCUT2D eigenvalue weighted by atomic mass is 16.5. The van der Waals surface area contributed by atoms with Gasteiger partial charge in [0, 0.05) is 20.2 Å². The Hall–Kier alpha value is -0.610. The van der Waals surface area contributed by atoms with Crippen molar-refractivity contribution in [2.45, 2.75) is 38.4 Å². The molecule has 0 aliphatic carbocycles. The number of β-amino-alcohol motifs (C(OH)–C–C–N with tert-alkyl or cyclic N) is 1. The van der Waals surface area contributed by atoms with Gasteiger partial charge in [0.1, 0.15) is 0 Å². The molecule has 1 unspecified atom stereocenters. The molecule has 1 fully saturated rings. The topological polar surface area (TPSA) is 49.8 Å². The molecule has 1 aliphatic heterocycles. The summed E-state index contributed by atoms with van der Waals surface area (Å²) in [7, 11) is 1.60. The summed E-state index contributed by atoms with van der Waals surface area (Å²) in [6.45, 7) is 4.91. The van der Waals surface area contributed by atoms with Crippen molar-refractivity contribution in [1.82, 2.24) is 4.90 Å². The van der Waals surface area contributed by atoms with Crippen LogP contribution < -0.4 is 0 Å². The monoisotopic (exact) mass is 201 g/mol. The van der Waals surface area contributed by atoms with Crippen LogP contribution in [0.4, 0.5) is 0 Å². The number of methoxy groups -OCH3 is 1. The van der Waals surface area contributed by atoms with Gasteiger partial charge in [0.2, 0.25) is 5.91 Å². The summed E-state index contributed by atoms with van der Waals surface area (Å²) in [6, 6.07) is 0. The third-order valence-electron chi connectivity index (χ3n) is 2.65. The van der Waals surface area contributed by atoms with E-state index in [4.69, 9.17) is 4.74 Å². The summed E-state index contributed by atoms with van der Waals surface area (Å²) in [5.41, 5.74) is -0.412. The highest BCUT2D eigenvalue weighted by Crippen LogP contribution is 2.17. The van der Waals surface area contributed by atoms with E-state index in [0.29, 0.717) is 25.9 Å². The maximum absolute atomic E-state index is 11.7. The van der Waals surface area contributed by atoms with Crippen LogP contribution in [0, 0.1) is 0 Å². The van der Waals surface area contributed by atoms with Crippen molar-refractivity contribution in [2.24, 2.45) is 0 Å². The van der Waals surface area contributed by atoms with Crippen LogP contribution in [0.25, 0.3) is 0 Å². The first-order valence-electron chi connectivity index (χ1n) is 4.95. The van der Waals surface area contributed by atoms with Crippen LogP contribution in [0.5, 0.6) is 0 Å². The normalized spacial score (nSPS) is 22.9. The van der Waals surface area contributed by atoms with E-state index in [1.807, 2.05) is 13.8 Å². The fourth-order valence-electron chi connectivity index (χ4n) is 1.52. The smallest absolute Gasteiger partial charge is 0.225 e. The van der Waals surface area contributed by atoms with Crippen molar-refractivity contribution in [2.75, 3.05) is 20.2 Å². The Morgan fingerprint density at radius 3 is 2.71 bits per heavy atom. The molecule has 0 spiro atoms. The first-order valence-corrected chi connectivity index (χ1v) is 4.95. The number of aliphatic hydroxyl groups excluding tert-OH is 1. The van der Waals surface area contributed by atoms with Crippen LogP contribution in [-0.4, -0.2) is 47.8 Å². The van der Waals surface area contributed by atoms with Gasteiger partial charge >= 0.3 is 0 Å². The van der Waals surface area contributed by atoms with E-state index in [1.54, 1.807) is 12.0 Å². The maximum atomic E-state index is 11.7. The van der Waals surface area contributed by atoms with E-state index in [1.165, 1.54) is 0 Å². The van der Waals surface area contributed by atoms with Crippen LogP contribution in [0.3, 0.4) is 0 Å². The summed E-state index contributed by atoms with van der Waals surface area (Å²) in [4.78, 5) is 13.4. The lowest BCUT2D eigenvalue weighted by Gasteiger charge is -2.25. The van der Waals surface area contributed by atoms with E-state index in [2.05, 4.69) is 0 Å². The van der Waals surface area contributed by atoms with E-state index in [0.717, 1.165) is 0 Å². The van der Waals surface area contributed by atoms with Crippen LogP contribution in [-0.2, 0) is 9.53 Å². The molecule has 1 heterocycles. The third-order valence-corrected chi connectivity index (χ3v) is 2.65. The van der Waals surface area contributed by atoms with Gasteiger partial charge < -0.3 is 14.7 Å². The Kier molecular flexibility index (Phi) is 3.50. The minimum Gasteiger partial charge on any atom is -0.391 e. The van der Waals surface area contributed by atoms with Crippen molar-refractivity contribution in [3.05, 3.63) is 0 Å². The molecule has 4 nitrogen and oxygen atoms in total. The minimum atomic E-state index is -0.412. The largest absolute Gasteiger partial charge is 0.391 e. The second-order valence-corrected chi connectivity index (χ2v) is 4.42. The number of hydrogen-bond donors (Lipinski definition) is 1. The van der Waals surface area contributed by atoms with Crippen molar-refractivity contribution in [3.63, 3.8) is 0 Å². The number of carbonyl (C=O) groups is 1. The SMILES string of the molecule is COC(C)(C)CC(=O)N1CCC(O)C1. The number of rotatable bonds is 3. The molecule has 14 heavy (non-hydrogen) atoms. The zero-order chi connectivity index (χ0) is 10.8. The van der Waals surface area contributed by atoms with Gasteiger partial charge in [-0.25, -0.2) is 0 Å². The summed E-state index contributed by atoms with van der Waals surface area (Å²) >= 11 is 0. The Morgan fingerprint density at radius 2 is 2.29 bits per heavy atom. The highest BCUT2D eigenvalue weighted by molar-refractivity contribution is 5.77. The van der Waals surface area contributed by atoms with Gasteiger partial charge in [0.15, 0.2) is 0 Å². The average Bonchev–Trinajstić information content (AvgIpc) is 2.51. The molecule has 1 rings (SSSR count). The third kappa shape index (κ3) is 2.96. The van der Waals surface area contributed by atoms with Crippen molar-refractivity contribution >= 4 is 5.91 Å². The van der Waals surface area contributed by atoms with Gasteiger partial charge in [-0.2, -0.15) is 0 Å². The fourth-order valence-corrected chi connectivity index (χ4v) is 1.52. The number of aliphatic hydroxyl groups is 1. The molecular formula is C10H19NO3. The maximum Gasteiger partial charge on any atom is 0.225 e. The van der Waals surface area contributed by atoms with Gasteiger partial charge in [0.05, 0.1) is 18.1 Å². The van der Waals surface area contributed by atoms with Gasteiger partial charge in [0.25, 0.3) is 0 Å². The summed E-state index contributed by atoms with van der Waals surface area (Å²) < 4.78 is 5.18. The number of nitrogens with zero attached hydrogens (tertiary/aromatic N) is 1. The standard InChI is InChI=1S/C10H19NO3/c1-10(2,14-3)6-9(13)11-5-4-8(12)7-11/h8,12H,4-7H2,1-3H3. The Labute approximate surface area is 84.8 Å². The Morgan fingerprint density at radius 1 is 1.64 bits per heavy atom. The zero-order valence-electron chi connectivity index (χ0n) is 9.12. The van der Waals surface area contributed by atoms with Gasteiger partial charge in [-0.15, -0.1) is 0 Å². The lowest BCUT2D eigenvalue weighted by atomic mass is 10.0. The molecule has 1 amide bonds. The fraction of sp³-hybridized carbons (Fsp3) is 0.900. The number of hydrogen-bond acceptors (Lipinski definition) is 3. The second-order valence-electron chi connectivity index (χ2n) is 4.42. The van der Waals surface area contributed by atoms with E-state index >= 15 is 0 Å². The molecule has 0 saturated carbocycles. The molecular weight excluding hydrogens is 182 g/mol. The van der Waals surface area contributed by atoms with Crippen LogP contribution >= 0.6 is 0 Å². The minimum absolute atomic E-state index is 0.0633. The predicted molar refractivity (Wildman–Crippen MR) is 52.9 cm³/mol. The number of carbonyl (C=O) groups excluding carboxylic acids is 1. The van der Waals surface area contributed by atoms with Crippen molar-refractivity contribution in [3.8, 4) is 0 Å². The number of ether oxygens (including phenoxy) is 1. The Balaban J connectivity index is 2.43. The van der Waals surface area contributed by atoms with Crippen molar-refractivity contribution < 1.29 is 14.6 Å². The second kappa shape index (κ2) is 4.28. The average molecular weight is 201 g/mol. The van der Waals surface area contributed by atoms with Gasteiger partial charge in [-0.3, -0.25) is 4.79 Å². The molecule has 0 aromatic rings. The van der Waals surface area contributed by atoms with Gasteiger partial charge in [-0.05, 0) is 20.3 Å². The van der Waals surface area contributed by atoms with Crippen molar-refractivity contribution in [1.29, 1.82) is 0 Å². The molecule has 0 bridgehead atoms. The molecule has 0 radical (unpaired) electrons. The highest BCUT2D eigenvalue weighted by Gasteiger charge is 2.29. The first-order chi connectivity index (χ1) is 6.44. The summed E-state index contributed by atoms with van der Waals surface area (Å²) in [5.74, 6) is 0.0633. The van der Waals surface area contributed by atoms with Gasteiger partial charge in [-0.1, -0.05) is 0 Å². The number of likely N-dealkylation sites (tertiary alicyclic amines) is 1. The quantitative estimate of drug-likeness (QED) is 0.719. The Bertz CT molecular complexity index is 215. The van der Waals surface area contributed by atoms with E-state index in [-0.39, 0.29) is 12.0 Å². The molecule has 4 heteroatoms. The molecule has 1 saturated heterocycles. The molecule has 0 aromatic carbocycles. The summed E-state index contributed by atoms with van der Waals surface area (Å²) in [6.07, 6.45) is 0.722. The molecule has 0 aromatic heterocycles. The first kappa shape index (κ1) is 11.5. The van der Waals surface area contributed by atoms with Crippen LogP contribution in [0.1, 0.15) is 26.7 Å². The van der Waals surface area contributed by atoms with Crippen LogP contribution in [0.2, 0.25) is 0 Å². The number of amides is 1. The lowest BCUT2D eigenvalue weighted by molar-refractivity contribution is -0.135.